The molecule has 0 unspecified atom stereocenters. The van der Waals surface area contributed by atoms with Crippen LogP contribution in [0.15, 0.2) is 11.6 Å². The van der Waals surface area contributed by atoms with Gasteiger partial charge in [0.15, 0.2) is 5.13 Å². The first kappa shape index (κ1) is 14.0. The molecule has 0 atom stereocenters. The molecule has 0 saturated carbocycles. The number of nitrogens with zero attached hydrogens (tertiary/aromatic N) is 2. The van der Waals surface area contributed by atoms with Gasteiger partial charge in [0.05, 0.1) is 30.8 Å². The molecule has 2 heterocycles. The molecule has 7 heteroatoms. The zero-order chi connectivity index (χ0) is 13.7. The maximum atomic E-state index is 11.0. The summed E-state index contributed by atoms with van der Waals surface area (Å²) in [5.74, 6) is -0.206. The first-order valence-corrected chi connectivity index (χ1v) is 7.53. The number of methoxy groups -OCH3 is 1. The van der Waals surface area contributed by atoms with E-state index in [9.17, 15) is 4.79 Å². The van der Waals surface area contributed by atoms with Crippen molar-refractivity contribution in [3.05, 3.63) is 27.2 Å². The highest BCUT2D eigenvalue weighted by atomic mass is 32.1. The lowest BCUT2D eigenvalue weighted by molar-refractivity contribution is -0.140. The third kappa shape index (κ3) is 4.29. The number of hydrogen-bond donors (Lipinski definition) is 1. The fraction of sp³-hybridized carbons (Fsp3) is 0.417. The van der Waals surface area contributed by atoms with Crippen LogP contribution in [0, 0.1) is 6.92 Å². The molecule has 0 spiro atoms. The van der Waals surface area contributed by atoms with Crippen LogP contribution >= 0.6 is 22.7 Å². The topological polar surface area (TPSA) is 64.1 Å². The normalized spacial score (nSPS) is 10.4. The highest BCUT2D eigenvalue weighted by molar-refractivity contribution is 7.13. The molecule has 0 aliphatic rings. The molecule has 0 fully saturated rings. The van der Waals surface area contributed by atoms with Crippen molar-refractivity contribution in [2.75, 3.05) is 12.4 Å². The minimum absolute atomic E-state index is 0.206. The Labute approximate surface area is 119 Å². The predicted molar refractivity (Wildman–Crippen MR) is 76.6 cm³/mol. The standard InChI is InChI=1S/C12H15N3O2S2/c1-8-13-5-10(19-8)6-14-12-15-9(7-18-12)3-4-11(16)17-2/h5,7H,3-4,6H2,1-2H3,(H,14,15). The monoisotopic (exact) mass is 297 g/mol. The molecule has 0 radical (unpaired) electrons. The van der Waals surface area contributed by atoms with Crippen molar-refractivity contribution in [3.8, 4) is 0 Å². The number of aromatic nitrogens is 2. The molecule has 0 aliphatic carbocycles. The minimum Gasteiger partial charge on any atom is -0.469 e. The molecule has 19 heavy (non-hydrogen) atoms. The Morgan fingerprint density at radius 1 is 1.53 bits per heavy atom. The molecule has 2 aromatic heterocycles. The average Bonchev–Trinajstić information content (AvgIpc) is 3.02. The van der Waals surface area contributed by atoms with Crippen LogP contribution in [0.25, 0.3) is 0 Å². The highest BCUT2D eigenvalue weighted by Crippen LogP contribution is 2.19. The van der Waals surface area contributed by atoms with E-state index >= 15 is 0 Å². The fourth-order valence-electron chi connectivity index (χ4n) is 1.48. The number of rotatable bonds is 6. The number of carbonyl (C=O) groups excluding carboxylic acids is 1. The van der Waals surface area contributed by atoms with Crippen molar-refractivity contribution in [2.24, 2.45) is 0 Å². The maximum Gasteiger partial charge on any atom is 0.305 e. The van der Waals surface area contributed by atoms with Crippen LogP contribution in [0.5, 0.6) is 0 Å². The summed E-state index contributed by atoms with van der Waals surface area (Å²) in [7, 11) is 1.40. The lowest BCUT2D eigenvalue weighted by Gasteiger charge is -1.99. The van der Waals surface area contributed by atoms with E-state index < -0.39 is 0 Å². The van der Waals surface area contributed by atoms with Gasteiger partial charge in [0.2, 0.25) is 0 Å². The van der Waals surface area contributed by atoms with Gasteiger partial charge < -0.3 is 10.1 Å². The van der Waals surface area contributed by atoms with E-state index in [0.29, 0.717) is 12.8 Å². The number of carbonyl (C=O) groups is 1. The molecule has 2 aromatic rings. The van der Waals surface area contributed by atoms with Crippen molar-refractivity contribution in [3.63, 3.8) is 0 Å². The number of aryl methyl sites for hydroxylation is 2. The summed E-state index contributed by atoms with van der Waals surface area (Å²) in [4.78, 5) is 20.8. The smallest absolute Gasteiger partial charge is 0.305 e. The largest absolute Gasteiger partial charge is 0.469 e. The second-order valence-corrected chi connectivity index (χ2v) is 6.10. The number of nitrogens with one attached hydrogen (secondary N) is 1. The fourth-order valence-corrected chi connectivity index (χ4v) is 2.96. The summed E-state index contributed by atoms with van der Waals surface area (Å²) >= 11 is 3.22. The van der Waals surface area contributed by atoms with E-state index in [2.05, 4.69) is 20.0 Å². The summed E-state index contributed by atoms with van der Waals surface area (Å²) in [6.45, 7) is 2.72. The number of thiazole rings is 2. The van der Waals surface area contributed by atoms with Gasteiger partial charge >= 0.3 is 5.97 Å². The third-order valence-electron chi connectivity index (χ3n) is 2.45. The van der Waals surface area contributed by atoms with E-state index in [1.807, 2.05) is 18.5 Å². The Bertz CT molecular complexity index is 551. The van der Waals surface area contributed by atoms with Gasteiger partial charge in [-0.15, -0.1) is 22.7 Å². The summed E-state index contributed by atoms with van der Waals surface area (Å²) in [6.07, 6.45) is 2.86. The molecule has 2 rings (SSSR count). The highest BCUT2D eigenvalue weighted by Gasteiger charge is 2.06. The van der Waals surface area contributed by atoms with Crippen molar-refractivity contribution < 1.29 is 9.53 Å². The van der Waals surface area contributed by atoms with E-state index in [4.69, 9.17) is 0 Å². The van der Waals surface area contributed by atoms with Crippen LogP contribution in [0.1, 0.15) is 22.0 Å². The number of esters is 1. The number of ether oxygens (including phenoxy) is 1. The van der Waals surface area contributed by atoms with E-state index in [0.717, 1.165) is 22.4 Å². The van der Waals surface area contributed by atoms with Gasteiger partial charge in [0, 0.05) is 22.9 Å². The third-order valence-corrected chi connectivity index (χ3v) is 4.21. The summed E-state index contributed by atoms with van der Waals surface area (Å²) in [5, 5.41) is 7.15. The minimum atomic E-state index is -0.206. The number of hydrogen-bond acceptors (Lipinski definition) is 7. The quantitative estimate of drug-likeness (QED) is 0.830. The molecule has 0 aliphatic heterocycles. The van der Waals surface area contributed by atoms with Crippen LogP contribution in [0.2, 0.25) is 0 Å². The van der Waals surface area contributed by atoms with E-state index in [-0.39, 0.29) is 5.97 Å². The Balaban J connectivity index is 1.82. The van der Waals surface area contributed by atoms with Gasteiger partial charge in [-0.3, -0.25) is 4.79 Å². The van der Waals surface area contributed by atoms with Crippen molar-refractivity contribution >= 4 is 33.8 Å². The van der Waals surface area contributed by atoms with Crippen LogP contribution in [-0.4, -0.2) is 23.0 Å². The lowest BCUT2D eigenvalue weighted by atomic mass is 10.2. The SMILES string of the molecule is COC(=O)CCc1csc(NCc2cnc(C)s2)n1. The second kappa shape index (κ2) is 6.63. The van der Waals surface area contributed by atoms with Crippen LogP contribution in [-0.2, 0) is 22.5 Å². The lowest BCUT2D eigenvalue weighted by Crippen LogP contribution is -2.02. The van der Waals surface area contributed by atoms with Gasteiger partial charge in [-0.05, 0) is 6.92 Å². The first-order chi connectivity index (χ1) is 9.17. The molecule has 0 bridgehead atoms. The summed E-state index contributed by atoms with van der Waals surface area (Å²) in [5.41, 5.74) is 0.915. The van der Waals surface area contributed by atoms with Gasteiger partial charge in [-0.2, -0.15) is 0 Å². The summed E-state index contributed by atoms with van der Waals surface area (Å²) < 4.78 is 4.60. The van der Waals surface area contributed by atoms with Crippen molar-refractivity contribution in [1.29, 1.82) is 0 Å². The molecule has 0 aromatic carbocycles. The van der Waals surface area contributed by atoms with E-state index in [1.54, 1.807) is 22.7 Å². The molecule has 5 nitrogen and oxygen atoms in total. The van der Waals surface area contributed by atoms with Crippen LogP contribution in [0.4, 0.5) is 5.13 Å². The van der Waals surface area contributed by atoms with Gasteiger partial charge in [-0.1, -0.05) is 0 Å². The molecule has 1 N–H and O–H groups in total. The van der Waals surface area contributed by atoms with Crippen LogP contribution < -0.4 is 5.32 Å². The predicted octanol–water partition coefficient (Wildman–Crippen LogP) is 2.63. The second-order valence-electron chi connectivity index (χ2n) is 3.92. The molecule has 102 valence electrons. The first-order valence-electron chi connectivity index (χ1n) is 5.84. The zero-order valence-electron chi connectivity index (χ0n) is 10.8. The average molecular weight is 297 g/mol. The van der Waals surface area contributed by atoms with Gasteiger partial charge in [0.1, 0.15) is 0 Å². The Kier molecular flexibility index (Phi) is 4.86. The van der Waals surface area contributed by atoms with Gasteiger partial charge in [0.25, 0.3) is 0 Å². The van der Waals surface area contributed by atoms with Crippen molar-refractivity contribution in [1.82, 2.24) is 9.97 Å². The zero-order valence-corrected chi connectivity index (χ0v) is 12.4. The van der Waals surface area contributed by atoms with Crippen LogP contribution in [0.3, 0.4) is 0 Å². The number of anilines is 1. The summed E-state index contributed by atoms with van der Waals surface area (Å²) in [6, 6.07) is 0. The Morgan fingerprint density at radius 3 is 3.05 bits per heavy atom. The van der Waals surface area contributed by atoms with Crippen molar-refractivity contribution in [2.45, 2.75) is 26.3 Å². The molecule has 0 saturated heterocycles. The Morgan fingerprint density at radius 2 is 2.37 bits per heavy atom. The maximum absolute atomic E-state index is 11.0. The Hall–Kier alpha value is -1.47. The molecule has 0 amide bonds. The molecular formula is C12H15N3O2S2. The van der Waals surface area contributed by atoms with Gasteiger partial charge in [-0.25, -0.2) is 9.97 Å². The molecular weight excluding hydrogens is 282 g/mol. The van der Waals surface area contributed by atoms with E-state index in [1.165, 1.54) is 12.0 Å².